The van der Waals surface area contributed by atoms with E-state index >= 15 is 0 Å². The molecule has 3 aromatic rings. The Labute approximate surface area is 191 Å². The SMILES string of the molecule is CC1CN(C2=C(c3cccs3)C(=O)N(CCc3cn(C)c4ccccc34)C2=O)CC(C)O1. The van der Waals surface area contributed by atoms with Crippen LogP contribution in [0.25, 0.3) is 16.5 Å². The van der Waals surface area contributed by atoms with Crippen molar-refractivity contribution in [2.24, 2.45) is 7.05 Å². The number of carbonyl (C=O) groups excluding carboxylic acids is 2. The molecule has 2 aliphatic heterocycles. The third-order valence-electron chi connectivity index (χ3n) is 6.23. The van der Waals surface area contributed by atoms with Crippen molar-refractivity contribution in [1.82, 2.24) is 14.4 Å². The first-order valence-electron chi connectivity index (χ1n) is 11.0. The summed E-state index contributed by atoms with van der Waals surface area (Å²) in [6.45, 7) is 5.58. The highest BCUT2D eigenvalue weighted by atomic mass is 32.1. The molecule has 5 rings (SSSR count). The number of hydrogen-bond donors (Lipinski definition) is 0. The van der Waals surface area contributed by atoms with E-state index in [0.29, 0.717) is 37.3 Å². The van der Waals surface area contributed by atoms with Crippen molar-refractivity contribution >= 4 is 39.6 Å². The van der Waals surface area contributed by atoms with E-state index in [-0.39, 0.29) is 24.0 Å². The van der Waals surface area contributed by atoms with Crippen molar-refractivity contribution in [3.05, 3.63) is 64.1 Å². The number of fused-ring (bicyclic) bond motifs is 1. The Morgan fingerprint density at radius 3 is 2.50 bits per heavy atom. The number of thiophene rings is 1. The van der Waals surface area contributed by atoms with E-state index < -0.39 is 0 Å². The number of aromatic nitrogens is 1. The molecule has 1 aromatic carbocycles. The second-order valence-electron chi connectivity index (χ2n) is 8.66. The molecular formula is C25H27N3O3S. The average Bonchev–Trinajstić information content (AvgIpc) is 3.45. The second kappa shape index (κ2) is 8.22. The van der Waals surface area contributed by atoms with Crippen molar-refractivity contribution < 1.29 is 14.3 Å². The van der Waals surface area contributed by atoms with Gasteiger partial charge in [0.25, 0.3) is 11.8 Å². The molecule has 2 atom stereocenters. The summed E-state index contributed by atoms with van der Waals surface area (Å²) in [4.78, 5) is 31.4. The molecule has 2 amide bonds. The minimum atomic E-state index is -0.195. The Morgan fingerprint density at radius 1 is 1.03 bits per heavy atom. The van der Waals surface area contributed by atoms with E-state index in [2.05, 4.69) is 22.9 Å². The van der Waals surface area contributed by atoms with Crippen LogP contribution in [0.2, 0.25) is 0 Å². The topological polar surface area (TPSA) is 54.8 Å². The Hall–Kier alpha value is -2.90. The molecule has 0 radical (unpaired) electrons. The van der Waals surface area contributed by atoms with Gasteiger partial charge in [0.2, 0.25) is 0 Å². The number of morpholine rings is 1. The highest BCUT2D eigenvalue weighted by Crippen LogP contribution is 2.35. The fraction of sp³-hybridized carbons (Fsp3) is 0.360. The maximum atomic E-state index is 13.6. The Bertz CT molecular complexity index is 1200. The van der Waals surface area contributed by atoms with Crippen molar-refractivity contribution in [2.75, 3.05) is 19.6 Å². The van der Waals surface area contributed by atoms with E-state index in [0.717, 1.165) is 21.3 Å². The summed E-state index contributed by atoms with van der Waals surface area (Å²) in [5.74, 6) is -0.389. The van der Waals surface area contributed by atoms with Crippen LogP contribution in [0.4, 0.5) is 0 Å². The summed E-state index contributed by atoms with van der Waals surface area (Å²) >= 11 is 1.50. The van der Waals surface area contributed by atoms with Gasteiger partial charge < -0.3 is 14.2 Å². The van der Waals surface area contributed by atoms with Gasteiger partial charge in [0, 0.05) is 48.7 Å². The van der Waals surface area contributed by atoms with E-state index in [9.17, 15) is 9.59 Å². The molecule has 1 fully saturated rings. The fourth-order valence-corrected chi connectivity index (χ4v) is 5.68. The molecule has 7 heteroatoms. The normalized spacial score (nSPS) is 22.0. The van der Waals surface area contributed by atoms with Crippen LogP contribution in [0, 0.1) is 0 Å². The first kappa shape index (κ1) is 21.0. The maximum Gasteiger partial charge on any atom is 0.277 e. The summed E-state index contributed by atoms with van der Waals surface area (Å²) < 4.78 is 7.96. The third kappa shape index (κ3) is 3.55. The van der Waals surface area contributed by atoms with Crippen molar-refractivity contribution in [2.45, 2.75) is 32.5 Å². The van der Waals surface area contributed by atoms with E-state index in [1.54, 1.807) is 0 Å². The first-order chi connectivity index (χ1) is 15.4. The molecule has 2 unspecified atom stereocenters. The van der Waals surface area contributed by atoms with Crippen LogP contribution in [0.5, 0.6) is 0 Å². The quantitative estimate of drug-likeness (QED) is 0.558. The van der Waals surface area contributed by atoms with Gasteiger partial charge in [0.15, 0.2) is 0 Å². The zero-order chi connectivity index (χ0) is 22.4. The number of amides is 2. The molecule has 4 heterocycles. The first-order valence-corrected chi connectivity index (χ1v) is 11.9. The van der Waals surface area contributed by atoms with Gasteiger partial charge >= 0.3 is 0 Å². The lowest BCUT2D eigenvalue weighted by atomic mass is 10.1. The Morgan fingerprint density at radius 2 is 1.78 bits per heavy atom. The number of ether oxygens (including phenoxy) is 1. The van der Waals surface area contributed by atoms with E-state index in [1.807, 2.05) is 55.4 Å². The molecule has 0 aliphatic carbocycles. The predicted molar refractivity (Wildman–Crippen MR) is 126 cm³/mol. The number of imide groups is 1. The minimum Gasteiger partial charge on any atom is -0.372 e. The molecule has 6 nitrogen and oxygen atoms in total. The zero-order valence-corrected chi connectivity index (χ0v) is 19.4. The molecule has 2 aromatic heterocycles. The van der Waals surface area contributed by atoms with Gasteiger partial charge in [-0.25, -0.2) is 0 Å². The molecule has 2 aliphatic rings. The van der Waals surface area contributed by atoms with Gasteiger partial charge in [-0.15, -0.1) is 11.3 Å². The summed E-state index contributed by atoms with van der Waals surface area (Å²) in [6.07, 6.45) is 2.72. The highest BCUT2D eigenvalue weighted by Gasteiger charge is 2.43. The second-order valence-corrected chi connectivity index (χ2v) is 9.61. The predicted octanol–water partition coefficient (Wildman–Crippen LogP) is 3.67. The average molecular weight is 450 g/mol. The molecule has 0 N–H and O–H groups in total. The largest absolute Gasteiger partial charge is 0.372 e. The summed E-state index contributed by atoms with van der Waals surface area (Å²) in [7, 11) is 2.02. The number of nitrogens with zero attached hydrogens (tertiary/aromatic N) is 3. The van der Waals surface area contributed by atoms with Crippen LogP contribution >= 0.6 is 11.3 Å². The third-order valence-corrected chi connectivity index (χ3v) is 7.12. The molecule has 32 heavy (non-hydrogen) atoms. The lowest BCUT2D eigenvalue weighted by Gasteiger charge is -2.37. The van der Waals surface area contributed by atoms with Crippen molar-refractivity contribution in [1.29, 1.82) is 0 Å². The number of benzene rings is 1. The van der Waals surface area contributed by atoms with E-state index in [1.165, 1.54) is 16.2 Å². The van der Waals surface area contributed by atoms with Gasteiger partial charge in [0.1, 0.15) is 5.70 Å². The summed E-state index contributed by atoms with van der Waals surface area (Å²) in [5, 5.41) is 3.11. The molecular weight excluding hydrogens is 422 g/mol. The number of para-hydroxylation sites is 1. The molecule has 0 bridgehead atoms. The monoisotopic (exact) mass is 449 g/mol. The molecule has 1 saturated heterocycles. The van der Waals surface area contributed by atoms with Crippen molar-refractivity contribution in [3.8, 4) is 0 Å². The lowest BCUT2D eigenvalue weighted by Crippen LogP contribution is -2.47. The smallest absolute Gasteiger partial charge is 0.277 e. The van der Waals surface area contributed by atoms with Crippen LogP contribution < -0.4 is 0 Å². The standard InChI is InChI=1S/C25H27N3O3S/c1-16-13-27(14-17(2)31-16)23-22(21-9-6-12-32-21)24(29)28(25(23)30)11-10-18-15-26(3)20-8-5-4-7-19(18)20/h4-9,12,15-17H,10-11,13-14H2,1-3H3. The van der Waals surface area contributed by atoms with Crippen LogP contribution in [0.3, 0.4) is 0 Å². The van der Waals surface area contributed by atoms with Gasteiger partial charge in [-0.05, 0) is 43.3 Å². The van der Waals surface area contributed by atoms with Gasteiger partial charge in [-0.1, -0.05) is 24.3 Å². The van der Waals surface area contributed by atoms with Crippen LogP contribution in [0.1, 0.15) is 24.3 Å². The molecule has 0 saturated carbocycles. The van der Waals surface area contributed by atoms with Crippen LogP contribution in [-0.2, 0) is 27.8 Å². The highest BCUT2D eigenvalue weighted by molar-refractivity contribution is 7.11. The fourth-order valence-electron chi connectivity index (χ4n) is 4.92. The summed E-state index contributed by atoms with van der Waals surface area (Å²) in [5.41, 5.74) is 3.35. The lowest BCUT2D eigenvalue weighted by molar-refractivity contribution is -0.138. The van der Waals surface area contributed by atoms with Gasteiger partial charge in [0.05, 0.1) is 17.8 Å². The number of carbonyl (C=O) groups is 2. The zero-order valence-electron chi connectivity index (χ0n) is 18.6. The number of aryl methyl sites for hydroxylation is 1. The van der Waals surface area contributed by atoms with Gasteiger partial charge in [-0.2, -0.15) is 0 Å². The maximum absolute atomic E-state index is 13.6. The van der Waals surface area contributed by atoms with Crippen LogP contribution in [0.15, 0.2) is 53.7 Å². The Balaban J connectivity index is 1.45. The minimum absolute atomic E-state index is 0.00321. The summed E-state index contributed by atoms with van der Waals surface area (Å²) in [6, 6.07) is 12.1. The number of hydrogen-bond acceptors (Lipinski definition) is 5. The van der Waals surface area contributed by atoms with Crippen LogP contribution in [-0.4, -0.2) is 58.0 Å². The van der Waals surface area contributed by atoms with E-state index in [4.69, 9.17) is 4.74 Å². The number of rotatable bonds is 5. The molecule has 0 spiro atoms. The van der Waals surface area contributed by atoms with Crippen molar-refractivity contribution in [3.63, 3.8) is 0 Å². The van der Waals surface area contributed by atoms with Gasteiger partial charge in [-0.3, -0.25) is 14.5 Å². The molecule has 166 valence electrons. The Kier molecular flexibility index (Phi) is 5.39.